The molecular weight excluding hydrogens is 212 g/mol. The van der Waals surface area contributed by atoms with Crippen LogP contribution in [0.3, 0.4) is 0 Å². The number of nitrogens with two attached hydrogens (primary N) is 1. The third-order valence-corrected chi connectivity index (χ3v) is 4.81. The average Bonchev–Trinajstić information content (AvgIpc) is 2.75. The Balaban J connectivity index is 1.78. The third-order valence-electron chi connectivity index (χ3n) is 4.81. The zero-order valence-corrected chi connectivity index (χ0v) is 11.1. The van der Waals surface area contributed by atoms with Gasteiger partial charge in [0.15, 0.2) is 0 Å². The molecule has 0 aromatic heterocycles. The fourth-order valence-corrected chi connectivity index (χ4v) is 3.27. The number of nitrogens with zero attached hydrogens (tertiary/aromatic N) is 1. The molecule has 2 aliphatic rings. The molecule has 0 heterocycles. The lowest BCUT2D eigenvalue weighted by molar-refractivity contribution is -0.134. The summed E-state index contributed by atoms with van der Waals surface area (Å²) in [6.45, 7) is 1.63. The molecule has 0 atom stereocenters. The lowest BCUT2D eigenvalue weighted by atomic mass is 9.66. The van der Waals surface area contributed by atoms with E-state index >= 15 is 0 Å². The number of amides is 1. The molecule has 98 valence electrons. The number of carbonyl (C=O) groups excluding carboxylic acids is 1. The van der Waals surface area contributed by atoms with Gasteiger partial charge in [0, 0.05) is 20.0 Å². The molecule has 0 unspecified atom stereocenters. The van der Waals surface area contributed by atoms with E-state index < -0.39 is 0 Å². The van der Waals surface area contributed by atoms with Crippen LogP contribution in [0.15, 0.2) is 0 Å². The summed E-state index contributed by atoms with van der Waals surface area (Å²) in [4.78, 5) is 14.1. The van der Waals surface area contributed by atoms with Crippen LogP contribution in [0.25, 0.3) is 0 Å². The van der Waals surface area contributed by atoms with E-state index in [1.807, 2.05) is 11.9 Å². The Morgan fingerprint density at radius 2 is 1.94 bits per heavy atom. The minimum atomic E-state index is 0.154. The highest BCUT2D eigenvalue weighted by molar-refractivity contribution is 5.76. The molecule has 0 radical (unpaired) electrons. The van der Waals surface area contributed by atoms with Crippen LogP contribution in [0.4, 0.5) is 0 Å². The Kier molecular flexibility index (Phi) is 4.08. The largest absolute Gasteiger partial charge is 0.345 e. The molecule has 0 saturated heterocycles. The smallest absolute Gasteiger partial charge is 0.222 e. The van der Waals surface area contributed by atoms with Crippen LogP contribution in [-0.4, -0.2) is 30.9 Å². The highest BCUT2D eigenvalue weighted by Crippen LogP contribution is 2.43. The monoisotopic (exact) mass is 238 g/mol. The summed E-state index contributed by atoms with van der Waals surface area (Å²) < 4.78 is 0. The van der Waals surface area contributed by atoms with Gasteiger partial charge in [-0.2, -0.15) is 0 Å². The molecule has 0 spiro atoms. The third kappa shape index (κ3) is 3.01. The molecule has 0 aromatic carbocycles. The summed E-state index contributed by atoms with van der Waals surface area (Å²) in [6.07, 6.45) is 9.51. The van der Waals surface area contributed by atoms with Crippen molar-refractivity contribution in [1.82, 2.24) is 4.90 Å². The fraction of sp³-hybridized carbons (Fsp3) is 0.929. The summed E-state index contributed by atoms with van der Waals surface area (Å²) >= 11 is 0. The van der Waals surface area contributed by atoms with E-state index in [2.05, 4.69) is 0 Å². The van der Waals surface area contributed by atoms with Crippen molar-refractivity contribution >= 4 is 5.91 Å². The zero-order valence-electron chi connectivity index (χ0n) is 11.1. The van der Waals surface area contributed by atoms with Crippen LogP contribution in [0.2, 0.25) is 0 Å². The summed E-state index contributed by atoms with van der Waals surface area (Å²) in [7, 11) is 1.96. The number of hydrogen-bond donors (Lipinski definition) is 1. The van der Waals surface area contributed by atoms with Gasteiger partial charge in [-0.05, 0) is 43.6 Å². The topological polar surface area (TPSA) is 46.3 Å². The molecule has 2 aliphatic carbocycles. The lowest BCUT2D eigenvalue weighted by Gasteiger charge is -2.41. The maximum atomic E-state index is 12.2. The Labute approximate surface area is 105 Å². The lowest BCUT2D eigenvalue weighted by Crippen LogP contribution is -2.43. The molecule has 1 amide bonds. The molecule has 0 bridgehead atoms. The van der Waals surface area contributed by atoms with Crippen LogP contribution < -0.4 is 5.73 Å². The molecule has 2 rings (SSSR count). The van der Waals surface area contributed by atoms with Crippen LogP contribution in [0, 0.1) is 11.3 Å². The van der Waals surface area contributed by atoms with E-state index in [0.29, 0.717) is 18.9 Å². The molecule has 17 heavy (non-hydrogen) atoms. The van der Waals surface area contributed by atoms with E-state index in [0.717, 1.165) is 25.3 Å². The van der Waals surface area contributed by atoms with Crippen LogP contribution in [-0.2, 0) is 4.79 Å². The maximum absolute atomic E-state index is 12.2. The van der Waals surface area contributed by atoms with E-state index in [1.54, 1.807) is 0 Å². The number of hydrogen-bond acceptors (Lipinski definition) is 2. The van der Waals surface area contributed by atoms with E-state index in [1.165, 1.54) is 32.1 Å². The SMILES string of the molecule is CN(CC1CCCC1)C(=O)CC1(CN)CCC1. The van der Waals surface area contributed by atoms with Gasteiger partial charge in [-0.1, -0.05) is 19.3 Å². The van der Waals surface area contributed by atoms with Crippen LogP contribution in [0.1, 0.15) is 51.4 Å². The van der Waals surface area contributed by atoms with Crippen molar-refractivity contribution in [1.29, 1.82) is 0 Å². The zero-order chi connectivity index (χ0) is 12.3. The average molecular weight is 238 g/mol. The predicted octanol–water partition coefficient (Wildman–Crippen LogP) is 2.15. The van der Waals surface area contributed by atoms with Crippen molar-refractivity contribution in [2.24, 2.45) is 17.1 Å². The molecule has 0 aliphatic heterocycles. The number of rotatable bonds is 5. The van der Waals surface area contributed by atoms with Crippen LogP contribution >= 0.6 is 0 Å². The standard InChI is InChI=1S/C14H26N2O/c1-16(10-12-5-2-3-6-12)13(17)9-14(11-15)7-4-8-14/h12H,2-11,15H2,1H3. The predicted molar refractivity (Wildman–Crippen MR) is 69.6 cm³/mol. The van der Waals surface area contributed by atoms with E-state index in [-0.39, 0.29) is 5.41 Å². The van der Waals surface area contributed by atoms with Crippen molar-refractivity contribution < 1.29 is 4.79 Å². The van der Waals surface area contributed by atoms with Crippen molar-refractivity contribution in [3.05, 3.63) is 0 Å². The van der Waals surface area contributed by atoms with Gasteiger partial charge in [0.25, 0.3) is 0 Å². The highest BCUT2D eigenvalue weighted by atomic mass is 16.2. The molecule has 3 nitrogen and oxygen atoms in total. The van der Waals surface area contributed by atoms with Crippen molar-refractivity contribution in [2.45, 2.75) is 51.4 Å². The number of carbonyl (C=O) groups is 1. The van der Waals surface area contributed by atoms with Gasteiger partial charge in [-0.3, -0.25) is 4.79 Å². The molecule has 0 aromatic rings. The van der Waals surface area contributed by atoms with Crippen molar-refractivity contribution in [3.8, 4) is 0 Å². The first-order chi connectivity index (χ1) is 8.15. The molecule has 2 saturated carbocycles. The van der Waals surface area contributed by atoms with Gasteiger partial charge < -0.3 is 10.6 Å². The van der Waals surface area contributed by atoms with Gasteiger partial charge in [-0.15, -0.1) is 0 Å². The minimum absolute atomic E-state index is 0.154. The summed E-state index contributed by atoms with van der Waals surface area (Å²) in [5.41, 5.74) is 5.96. The molecule has 2 N–H and O–H groups in total. The Hall–Kier alpha value is -0.570. The normalized spacial score (nSPS) is 23.4. The van der Waals surface area contributed by atoms with Crippen molar-refractivity contribution in [2.75, 3.05) is 20.1 Å². The molecule has 2 fully saturated rings. The Bertz CT molecular complexity index is 262. The summed E-state index contributed by atoms with van der Waals surface area (Å²) in [5, 5.41) is 0. The van der Waals surface area contributed by atoms with Gasteiger partial charge in [0.1, 0.15) is 0 Å². The van der Waals surface area contributed by atoms with E-state index in [9.17, 15) is 4.79 Å². The second-order valence-corrected chi connectivity index (χ2v) is 6.16. The van der Waals surface area contributed by atoms with Crippen molar-refractivity contribution in [3.63, 3.8) is 0 Å². The Morgan fingerprint density at radius 1 is 1.29 bits per heavy atom. The first-order valence-electron chi connectivity index (χ1n) is 7.09. The molecular formula is C14H26N2O. The molecule has 3 heteroatoms. The second kappa shape index (κ2) is 5.38. The highest BCUT2D eigenvalue weighted by Gasteiger charge is 2.38. The van der Waals surface area contributed by atoms with Gasteiger partial charge in [0.05, 0.1) is 0 Å². The fourth-order valence-electron chi connectivity index (χ4n) is 3.27. The van der Waals surface area contributed by atoms with Gasteiger partial charge in [-0.25, -0.2) is 0 Å². The maximum Gasteiger partial charge on any atom is 0.222 e. The summed E-state index contributed by atoms with van der Waals surface area (Å²) in [5.74, 6) is 1.06. The second-order valence-electron chi connectivity index (χ2n) is 6.16. The van der Waals surface area contributed by atoms with Gasteiger partial charge in [0.2, 0.25) is 5.91 Å². The van der Waals surface area contributed by atoms with Gasteiger partial charge >= 0.3 is 0 Å². The van der Waals surface area contributed by atoms with E-state index in [4.69, 9.17) is 5.73 Å². The summed E-state index contributed by atoms with van der Waals surface area (Å²) in [6, 6.07) is 0. The first kappa shape index (κ1) is 12.9. The quantitative estimate of drug-likeness (QED) is 0.797. The first-order valence-corrected chi connectivity index (χ1v) is 7.09. The van der Waals surface area contributed by atoms with Crippen LogP contribution in [0.5, 0.6) is 0 Å². The minimum Gasteiger partial charge on any atom is -0.345 e. The Morgan fingerprint density at radius 3 is 2.41 bits per heavy atom.